The van der Waals surface area contributed by atoms with Crippen LogP contribution in [0.1, 0.15) is 63.5 Å². The quantitative estimate of drug-likeness (QED) is 0.297. The normalized spacial score (nSPS) is 26.0. The zero-order chi connectivity index (χ0) is 21.3. The van der Waals surface area contributed by atoms with Gasteiger partial charge >= 0.3 is 0 Å². The molecule has 7 heteroatoms. The Labute approximate surface area is 208 Å². The molecule has 1 saturated heterocycles. The Morgan fingerprint density at radius 1 is 1.16 bits per heavy atom. The van der Waals surface area contributed by atoms with Crippen molar-refractivity contribution in [2.45, 2.75) is 76.8 Å². The maximum Gasteiger partial charge on any atom is 0.191 e. The summed E-state index contributed by atoms with van der Waals surface area (Å²) in [6, 6.07) is 9.34. The highest BCUT2D eigenvalue weighted by Gasteiger charge is 2.26. The maximum absolute atomic E-state index is 12.2. The Kier molecular flexibility index (Phi) is 11.8. The van der Waals surface area contributed by atoms with Gasteiger partial charge in [-0.25, -0.2) is 0 Å². The minimum Gasteiger partial charge on any atom is -0.354 e. The summed E-state index contributed by atoms with van der Waals surface area (Å²) in [6.45, 7) is 8.65. The minimum atomic E-state index is -0.696. The van der Waals surface area contributed by atoms with E-state index in [0.29, 0.717) is 11.3 Å². The van der Waals surface area contributed by atoms with Crippen LogP contribution in [0, 0.1) is 5.92 Å². The van der Waals surface area contributed by atoms with Gasteiger partial charge in [0.25, 0.3) is 0 Å². The molecule has 1 aliphatic heterocycles. The topological polar surface area (TPSA) is 56.7 Å². The summed E-state index contributed by atoms with van der Waals surface area (Å²) in [6.07, 6.45) is 7.03. The fourth-order valence-electron chi connectivity index (χ4n) is 4.78. The number of hydrogen-bond acceptors (Lipinski definition) is 3. The summed E-state index contributed by atoms with van der Waals surface area (Å²) >= 11 is 0. The van der Waals surface area contributed by atoms with E-state index in [1.807, 2.05) is 14.0 Å². The van der Waals surface area contributed by atoms with Crippen LogP contribution >= 0.6 is 24.0 Å². The zero-order valence-electron chi connectivity index (χ0n) is 19.4. The number of likely N-dealkylation sites (tertiary alicyclic amines) is 1. The first-order valence-corrected chi connectivity index (χ1v) is 13.1. The number of halogens is 1. The van der Waals surface area contributed by atoms with Gasteiger partial charge in [0.05, 0.1) is 0 Å². The molecule has 2 aliphatic rings. The van der Waals surface area contributed by atoms with Crippen molar-refractivity contribution in [3.63, 3.8) is 0 Å². The molecule has 2 N–H and O–H groups in total. The molecule has 1 aromatic rings. The van der Waals surface area contributed by atoms with Gasteiger partial charge in [0.2, 0.25) is 0 Å². The van der Waals surface area contributed by atoms with Crippen molar-refractivity contribution < 1.29 is 4.21 Å². The van der Waals surface area contributed by atoms with Crippen LogP contribution in [-0.4, -0.2) is 52.3 Å². The molecule has 0 radical (unpaired) electrons. The second-order valence-electron chi connectivity index (χ2n) is 9.02. The predicted molar refractivity (Wildman–Crippen MR) is 144 cm³/mol. The molecule has 176 valence electrons. The molecule has 5 nitrogen and oxygen atoms in total. The average Bonchev–Trinajstić information content (AvgIpc) is 2.77. The van der Waals surface area contributed by atoms with Crippen LogP contribution < -0.4 is 10.6 Å². The van der Waals surface area contributed by atoms with Crippen LogP contribution in [0.2, 0.25) is 0 Å². The summed E-state index contributed by atoms with van der Waals surface area (Å²) < 4.78 is 12.2. The second kappa shape index (κ2) is 13.8. The molecule has 0 amide bonds. The van der Waals surface area contributed by atoms with Gasteiger partial charge in [0.15, 0.2) is 5.96 Å². The van der Waals surface area contributed by atoms with E-state index in [1.165, 1.54) is 37.1 Å². The first-order valence-electron chi connectivity index (χ1n) is 11.7. The largest absolute Gasteiger partial charge is 0.354 e. The third-order valence-electron chi connectivity index (χ3n) is 6.48. The monoisotopic (exact) mass is 560 g/mol. The van der Waals surface area contributed by atoms with Gasteiger partial charge in [0, 0.05) is 54.5 Å². The SMILES string of the molecule is CCS(=O)C1CCCC(NC(=NC)NCc2ccc(CN3CCCC(C)C3)cc2)C1.I. The van der Waals surface area contributed by atoms with Crippen LogP contribution in [0.5, 0.6) is 0 Å². The first kappa shape index (κ1) is 26.6. The highest BCUT2D eigenvalue weighted by atomic mass is 127. The number of nitrogens with one attached hydrogen (secondary N) is 2. The molecule has 31 heavy (non-hydrogen) atoms. The standard InChI is InChI=1S/C24H40N4OS.HI/c1-4-30(29)23-9-5-8-22(15-23)27-24(25-3)26-16-20-10-12-21(13-11-20)18-28-14-6-7-19(2)17-28;/h10-13,19,22-23H,4-9,14-18H2,1-3H3,(H2,25,26,27);1H. The maximum atomic E-state index is 12.2. The van der Waals surface area contributed by atoms with Gasteiger partial charge in [0.1, 0.15) is 0 Å². The van der Waals surface area contributed by atoms with Gasteiger partial charge in [-0.15, -0.1) is 24.0 Å². The average molecular weight is 561 g/mol. The molecule has 1 heterocycles. The molecule has 0 spiro atoms. The van der Waals surface area contributed by atoms with E-state index < -0.39 is 10.8 Å². The van der Waals surface area contributed by atoms with Gasteiger partial charge in [-0.3, -0.25) is 14.1 Å². The smallest absolute Gasteiger partial charge is 0.191 e. The van der Waals surface area contributed by atoms with E-state index in [-0.39, 0.29) is 24.0 Å². The van der Waals surface area contributed by atoms with E-state index in [9.17, 15) is 4.21 Å². The van der Waals surface area contributed by atoms with E-state index in [4.69, 9.17) is 0 Å². The molecule has 1 saturated carbocycles. The summed E-state index contributed by atoms with van der Waals surface area (Å²) in [4.78, 5) is 6.98. The van der Waals surface area contributed by atoms with E-state index >= 15 is 0 Å². The number of piperidine rings is 1. The number of guanidine groups is 1. The molecule has 3 rings (SSSR count). The number of rotatable bonds is 7. The fourth-order valence-corrected chi connectivity index (χ4v) is 6.12. The first-order chi connectivity index (χ1) is 14.6. The predicted octanol–water partition coefficient (Wildman–Crippen LogP) is 4.28. The number of nitrogens with zero attached hydrogens (tertiary/aromatic N) is 2. The van der Waals surface area contributed by atoms with Gasteiger partial charge in [-0.2, -0.15) is 0 Å². The van der Waals surface area contributed by atoms with Crippen molar-refractivity contribution in [3.05, 3.63) is 35.4 Å². The Hall–Kier alpha value is -0.670. The Balaban J connectivity index is 0.00000341. The van der Waals surface area contributed by atoms with Crippen molar-refractivity contribution in [3.8, 4) is 0 Å². The van der Waals surface area contributed by atoms with Gasteiger partial charge < -0.3 is 10.6 Å². The minimum absolute atomic E-state index is 0. The zero-order valence-corrected chi connectivity index (χ0v) is 22.6. The molecule has 0 aromatic heterocycles. The summed E-state index contributed by atoms with van der Waals surface area (Å²) in [5.41, 5.74) is 2.66. The Morgan fingerprint density at radius 2 is 1.90 bits per heavy atom. The molecular formula is C24H41IN4OS. The molecule has 4 atom stereocenters. The lowest BCUT2D eigenvalue weighted by atomic mass is 9.95. The Bertz CT molecular complexity index is 712. The van der Waals surface area contributed by atoms with Crippen LogP contribution in [0.3, 0.4) is 0 Å². The van der Waals surface area contributed by atoms with Crippen LogP contribution in [0.25, 0.3) is 0 Å². The molecule has 2 fully saturated rings. The summed E-state index contributed by atoms with van der Waals surface area (Å²) in [7, 11) is 1.13. The van der Waals surface area contributed by atoms with Crippen molar-refractivity contribution >= 4 is 40.7 Å². The lowest BCUT2D eigenvalue weighted by Gasteiger charge is -2.30. The molecule has 1 aliphatic carbocycles. The lowest BCUT2D eigenvalue weighted by Crippen LogP contribution is -2.46. The Morgan fingerprint density at radius 3 is 2.58 bits per heavy atom. The van der Waals surface area contributed by atoms with Crippen LogP contribution in [-0.2, 0) is 23.9 Å². The fraction of sp³-hybridized carbons (Fsp3) is 0.708. The van der Waals surface area contributed by atoms with Gasteiger partial charge in [-0.1, -0.05) is 44.5 Å². The second-order valence-corrected chi connectivity index (χ2v) is 11.0. The van der Waals surface area contributed by atoms with Crippen molar-refractivity contribution in [1.29, 1.82) is 0 Å². The van der Waals surface area contributed by atoms with E-state index in [2.05, 4.69) is 51.7 Å². The number of benzene rings is 1. The summed E-state index contributed by atoms with van der Waals surface area (Å²) in [5.74, 6) is 2.43. The molecule has 0 bridgehead atoms. The van der Waals surface area contributed by atoms with Crippen molar-refractivity contribution in [2.75, 3.05) is 25.9 Å². The number of aliphatic imine (C=N–C) groups is 1. The number of hydrogen-bond donors (Lipinski definition) is 2. The summed E-state index contributed by atoms with van der Waals surface area (Å²) in [5, 5.41) is 7.33. The third kappa shape index (κ3) is 8.65. The highest BCUT2D eigenvalue weighted by Crippen LogP contribution is 2.23. The molecule has 1 aromatic carbocycles. The van der Waals surface area contributed by atoms with E-state index in [1.54, 1.807) is 0 Å². The lowest BCUT2D eigenvalue weighted by molar-refractivity contribution is 0.176. The van der Waals surface area contributed by atoms with Crippen LogP contribution in [0.15, 0.2) is 29.3 Å². The molecule has 4 unspecified atom stereocenters. The van der Waals surface area contributed by atoms with Crippen molar-refractivity contribution in [2.24, 2.45) is 10.9 Å². The van der Waals surface area contributed by atoms with Crippen LogP contribution in [0.4, 0.5) is 0 Å². The van der Waals surface area contributed by atoms with Gasteiger partial charge in [-0.05, 0) is 55.7 Å². The third-order valence-corrected chi connectivity index (χ3v) is 8.22. The highest BCUT2D eigenvalue weighted by molar-refractivity contribution is 14.0. The van der Waals surface area contributed by atoms with Crippen molar-refractivity contribution in [1.82, 2.24) is 15.5 Å². The molecular weight excluding hydrogens is 519 g/mol. The van der Waals surface area contributed by atoms with E-state index in [0.717, 1.165) is 56.4 Å².